The number of hydrogen-bond donors (Lipinski definition) is 1. The van der Waals surface area contributed by atoms with Crippen LogP contribution >= 0.6 is 11.8 Å². The summed E-state index contributed by atoms with van der Waals surface area (Å²) in [5.74, 6) is -1.48. The van der Waals surface area contributed by atoms with E-state index in [4.69, 9.17) is 4.74 Å². The topological polar surface area (TPSA) is 87.2 Å². The Kier molecular flexibility index (Phi) is 8.15. The zero-order valence-electron chi connectivity index (χ0n) is 22.4. The van der Waals surface area contributed by atoms with Crippen LogP contribution in [0.2, 0.25) is 0 Å². The standard InChI is InChI=1S/C28H44N2O5S/c1-6-15-29(19-11-9-8-10-12-19)25(33)23-28-14-13-27(5,36-28)22(26(34)35-7-2)21(28)24(32)30(23)20(17-31)16-18(3)4/h6,18-23,31H,1,7-17H2,2-5H3/t20-,21+,22-,23?,27+,28?/m1/s1. The Balaban J connectivity index is 1.80. The van der Waals surface area contributed by atoms with Crippen LogP contribution in [-0.2, 0) is 19.1 Å². The molecule has 2 unspecified atom stereocenters. The third-order valence-electron chi connectivity index (χ3n) is 8.96. The molecular formula is C28H44N2O5S. The highest BCUT2D eigenvalue weighted by molar-refractivity contribution is 8.02. The predicted octanol–water partition coefficient (Wildman–Crippen LogP) is 3.79. The van der Waals surface area contributed by atoms with Gasteiger partial charge >= 0.3 is 5.97 Å². The first-order valence-electron chi connectivity index (χ1n) is 13.9. The molecule has 202 valence electrons. The molecule has 2 bridgehead atoms. The number of amides is 2. The maximum atomic E-state index is 14.6. The normalized spacial score (nSPS) is 34.7. The Hall–Kier alpha value is -1.54. The van der Waals surface area contributed by atoms with E-state index in [1.807, 2.05) is 4.90 Å². The van der Waals surface area contributed by atoms with Crippen molar-refractivity contribution in [2.24, 2.45) is 17.8 Å². The lowest BCUT2D eigenvalue weighted by molar-refractivity contribution is -0.155. The van der Waals surface area contributed by atoms with E-state index in [1.54, 1.807) is 29.7 Å². The molecule has 4 aliphatic rings. The number of rotatable bonds is 10. The van der Waals surface area contributed by atoms with Crippen LogP contribution in [0.1, 0.15) is 79.1 Å². The van der Waals surface area contributed by atoms with Crippen molar-refractivity contribution in [2.45, 2.75) is 107 Å². The highest BCUT2D eigenvalue weighted by Gasteiger charge is 2.78. The Morgan fingerprint density at radius 1 is 1.28 bits per heavy atom. The van der Waals surface area contributed by atoms with Crippen LogP contribution in [-0.4, -0.2) is 80.1 Å². The first-order chi connectivity index (χ1) is 17.1. The van der Waals surface area contributed by atoms with Crippen molar-refractivity contribution in [1.29, 1.82) is 0 Å². The minimum atomic E-state index is -0.695. The fourth-order valence-corrected chi connectivity index (χ4v) is 9.88. The summed E-state index contributed by atoms with van der Waals surface area (Å²) in [6.07, 6.45) is 9.15. The van der Waals surface area contributed by atoms with Crippen molar-refractivity contribution >= 4 is 29.5 Å². The minimum Gasteiger partial charge on any atom is -0.466 e. The van der Waals surface area contributed by atoms with Crippen LogP contribution in [0.3, 0.4) is 0 Å². The second-order valence-electron chi connectivity index (χ2n) is 11.8. The lowest BCUT2D eigenvalue weighted by atomic mass is 9.66. The van der Waals surface area contributed by atoms with Gasteiger partial charge in [-0.15, -0.1) is 18.3 Å². The van der Waals surface area contributed by atoms with Crippen LogP contribution in [0, 0.1) is 17.8 Å². The number of thioether (sulfide) groups is 1. The van der Waals surface area contributed by atoms with Crippen molar-refractivity contribution in [1.82, 2.24) is 9.80 Å². The number of fused-ring (bicyclic) bond motifs is 1. The predicted molar refractivity (Wildman–Crippen MR) is 141 cm³/mol. The SMILES string of the molecule is C=CCN(C(=O)C1N([C@@H](CO)CC(C)C)C(=O)[C@@H]2[C@H](C(=O)OCC)[C@]3(C)CCC12S3)C1CCCCC1. The van der Waals surface area contributed by atoms with Crippen LogP contribution < -0.4 is 0 Å². The summed E-state index contributed by atoms with van der Waals surface area (Å²) < 4.78 is 4.37. The number of ether oxygens (including phenoxy) is 1. The summed E-state index contributed by atoms with van der Waals surface area (Å²) in [5, 5.41) is 10.5. The number of esters is 1. The number of likely N-dealkylation sites (tertiary alicyclic amines) is 1. The lowest BCUT2D eigenvalue weighted by Crippen LogP contribution is -2.59. The van der Waals surface area contributed by atoms with Gasteiger partial charge in [-0.3, -0.25) is 14.4 Å². The molecule has 1 N–H and O–H groups in total. The van der Waals surface area contributed by atoms with Crippen molar-refractivity contribution in [2.75, 3.05) is 19.8 Å². The Morgan fingerprint density at radius 2 is 1.97 bits per heavy atom. The van der Waals surface area contributed by atoms with Crippen LogP contribution in [0.25, 0.3) is 0 Å². The molecule has 3 heterocycles. The van der Waals surface area contributed by atoms with E-state index in [2.05, 4.69) is 27.4 Å². The van der Waals surface area contributed by atoms with E-state index in [-0.39, 0.29) is 43.0 Å². The average molecular weight is 521 g/mol. The van der Waals surface area contributed by atoms with Gasteiger partial charge in [-0.25, -0.2) is 0 Å². The quantitative estimate of drug-likeness (QED) is 0.348. The molecule has 1 aliphatic carbocycles. The second kappa shape index (κ2) is 10.7. The van der Waals surface area contributed by atoms with Crippen LogP contribution in [0.5, 0.6) is 0 Å². The number of aliphatic hydroxyl groups excluding tert-OH is 1. The number of carbonyl (C=O) groups excluding carboxylic acids is 3. The first kappa shape index (κ1) is 27.5. The van der Waals surface area contributed by atoms with Gasteiger partial charge in [0.2, 0.25) is 11.8 Å². The zero-order valence-corrected chi connectivity index (χ0v) is 23.2. The smallest absolute Gasteiger partial charge is 0.311 e. The monoisotopic (exact) mass is 520 g/mol. The Morgan fingerprint density at radius 3 is 2.56 bits per heavy atom. The fraction of sp³-hybridized carbons (Fsp3) is 0.821. The van der Waals surface area contributed by atoms with Crippen molar-refractivity contribution in [3.05, 3.63) is 12.7 Å². The van der Waals surface area contributed by atoms with Gasteiger partial charge in [0.15, 0.2) is 0 Å². The Labute approximate surface area is 220 Å². The summed E-state index contributed by atoms with van der Waals surface area (Å²) in [5.41, 5.74) is 0. The molecule has 0 aromatic rings. The summed E-state index contributed by atoms with van der Waals surface area (Å²) in [6, 6.07) is -1.02. The van der Waals surface area contributed by atoms with Crippen molar-refractivity contribution < 1.29 is 24.2 Å². The summed E-state index contributed by atoms with van der Waals surface area (Å²) in [7, 11) is 0. The van der Waals surface area contributed by atoms with Crippen molar-refractivity contribution in [3.8, 4) is 0 Å². The third-order valence-corrected chi connectivity index (χ3v) is 10.9. The van der Waals surface area contributed by atoms with Gasteiger partial charge in [0, 0.05) is 17.3 Å². The van der Waals surface area contributed by atoms with E-state index in [9.17, 15) is 19.5 Å². The number of carbonyl (C=O) groups is 3. The third kappa shape index (κ3) is 4.40. The number of nitrogens with zero attached hydrogens (tertiary/aromatic N) is 2. The average Bonchev–Trinajstić information content (AvgIpc) is 3.42. The maximum absolute atomic E-state index is 14.6. The molecule has 7 nitrogen and oxygen atoms in total. The van der Waals surface area contributed by atoms with Gasteiger partial charge in [0.05, 0.1) is 35.8 Å². The van der Waals surface area contributed by atoms with Gasteiger partial charge in [0.1, 0.15) is 6.04 Å². The second-order valence-corrected chi connectivity index (χ2v) is 13.7. The number of aliphatic hydroxyl groups is 1. The molecule has 1 saturated carbocycles. The largest absolute Gasteiger partial charge is 0.466 e. The van der Waals surface area contributed by atoms with E-state index in [0.29, 0.717) is 19.4 Å². The highest BCUT2D eigenvalue weighted by Crippen LogP contribution is 2.72. The number of hydrogen-bond acceptors (Lipinski definition) is 6. The van der Waals surface area contributed by atoms with Gasteiger partial charge in [-0.05, 0) is 51.9 Å². The summed E-state index contributed by atoms with van der Waals surface area (Å²) >= 11 is 1.67. The van der Waals surface area contributed by atoms with Crippen LogP contribution in [0.4, 0.5) is 0 Å². The van der Waals surface area contributed by atoms with Crippen molar-refractivity contribution in [3.63, 3.8) is 0 Å². The summed E-state index contributed by atoms with van der Waals surface area (Å²) in [4.78, 5) is 45.8. The van der Waals surface area contributed by atoms with E-state index < -0.39 is 33.4 Å². The molecule has 0 radical (unpaired) electrons. The molecule has 8 heteroatoms. The lowest BCUT2D eigenvalue weighted by Gasteiger charge is -2.42. The summed E-state index contributed by atoms with van der Waals surface area (Å²) in [6.45, 7) is 12.4. The van der Waals surface area contributed by atoms with Gasteiger partial charge in [-0.1, -0.05) is 39.2 Å². The van der Waals surface area contributed by atoms with Gasteiger partial charge in [-0.2, -0.15) is 0 Å². The fourth-order valence-electron chi connectivity index (χ4n) is 7.55. The molecule has 3 saturated heterocycles. The van der Waals surface area contributed by atoms with E-state index in [0.717, 1.165) is 32.1 Å². The zero-order chi connectivity index (χ0) is 26.3. The van der Waals surface area contributed by atoms with Crippen LogP contribution in [0.15, 0.2) is 12.7 Å². The highest BCUT2D eigenvalue weighted by atomic mass is 32.2. The maximum Gasteiger partial charge on any atom is 0.311 e. The molecule has 0 aromatic carbocycles. The molecule has 1 spiro atoms. The molecule has 36 heavy (non-hydrogen) atoms. The Bertz CT molecular complexity index is 874. The molecule has 0 aromatic heterocycles. The van der Waals surface area contributed by atoms with Gasteiger partial charge in [0.25, 0.3) is 0 Å². The first-order valence-corrected chi connectivity index (χ1v) is 14.7. The van der Waals surface area contributed by atoms with E-state index in [1.165, 1.54) is 6.42 Å². The molecule has 2 amide bonds. The molecule has 4 fully saturated rings. The molecule has 4 rings (SSSR count). The minimum absolute atomic E-state index is 0.0406. The van der Waals surface area contributed by atoms with E-state index >= 15 is 0 Å². The van der Waals surface area contributed by atoms with Gasteiger partial charge < -0.3 is 19.6 Å². The molecular weight excluding hydrogens is 476 g/mol. The molecule has 6 atom stereocenters. The molecule has 3 aliphatic heterocycles.